The van der Waals surface area contributed by atoms with Crippen LogP contribution in [0.15, 0.2) is 24.3 Å². The number of ether oxygens (including phenoxy) is 2. The summed E-state index contributed by atoms with van der Waals surface area (Å²) in [5, 5.41) is 0. The van der Waals surface area contributed by atoms with E-state index in [1.165, 1.54) is 12.8 Å². The van der Waals surface area contributed by atoms with E-state index in [1.54, 1.807) is 7.11 Å². The van der Waals surface area contributed by atoms with Crippen LogP contribution >= 0.6 is 0 Å². The zero-order valence-corrected chi connectivity index (χ0v) is 13.6. The van der Waals surface area contributed by atoms with E-state index in [2.05, 4.69) is 11.8 Å². The molecule has 0 bridgehead atoms. The molecule has 0 aromatic heterocycles. The molecule has 2 rings (SSSR count). The molecule has 0 saturated carbocycles. The summed E-state index contributed by atoms with van der Waals surface area (Å²) in [6.07, 6.45) is 2.44. The summed E-state index contributed by atoms with van der Waals surface area (Å²) in [7, 11) is 1.60. The largest absolute Gasteiger partial charge is 0.493 e. The Kier molecular flexibility index (Phi) is 6.52. The van der Waals surface area contributed by atoms with Crippen molar-refractivity contribution in [2.45, 2.75) is 19.8 Å². The van der Waals surface area contributed by atoms with Gasteiger partial charge in [-0.3, -0.25) is 9.69 Å². The van der Waals surface area contributed by atoms with Crippen molar-refractivity contribution < 1.29 is 14.3 Å². The summed E-state index contributed by atoms with van der Waals surface area (Å²) in [5.41, 5.74) is 0. The van der Waals surface area contributed by atoms with Crippen LogP contribution in [0.25, 0.3) is 0 Å². The third-order valence-corrected chi connectivity index (χ3v) is 3.97. The van der Waals surface area contributed by atoms with E-state index in [0.29, 0.717) is 11.5 Å². The number of hydrogen-bond acceptors (Lipinski definition) is 4. The van der Waals surface area contributed by atoms with Gasteiger partial charge in [-0.1, -0.05) is 25.5 Å². The summed E-state index contributed by atoms with van der Waals surface area (Å²) >= 11 is 0. The average molecular weight is 306 g/mol. The van der Waals surface area contributed by atoms with Crippen molar-refractivity contribution in [3.05, 3.63) is 24.3 Å². The van der Waals surface area contributed by atoms with E-state index in [1.807, 2.05) is 29.2 Å². The molecule has 1 aliphatic heterocycles. The van der Waals surface area contributed by atoms with Gasteiger partial charge in [0.2, 0.25) is 0 Å². The number of para-hydroxylation sites is 2. The summed E-state index contributed by atoms with van der Waals surface area (Å²) < 4.78 is 10.8. The Hall–Kier alpha value is -1.75. The van der Waals surface area contributed by atoms with Crippen LogP contribution in [-0.2, 0) is 4.79 Å². The Morgan fingerprint density at radius 3 is 2.45 bits per heavy atom. The number of carbonyl (C=O) groups excluding carboxylic acids is 1. The molecule has 5 heteroatoms. The highest BCUT2D eigenvalue weighted by atomic mass is 16.5. The molecule has 0 N–H and O–H groups in total. The van der Waals surface area contributed by atoms with Crippen molar-refractivity contribution in [1.29, 1.82) is 0 Å². The van der Waals surface area contributed by atoms with Gasteiger partial charge in [-0.05, 0) is 25.1 Å². The fourth-order valence-corrected chi connectivity index (χ4v) is 2.57. The van der Waals surface area contributed by atoms with Crippen LogP contribution in [-0.4, -0.2) is 62.1 Å². The van der Waals surface area contributed by atoms with Gasteiger partial charge in [0.15, 0.2) is 18.1 Å². The first kappa shape index (κ1) is 16.6. The van der Waals surface area contributed by atoms with Gasteiger partial charge in [-0.15, -0.1) is 0 Å². The number of hydrogen-bond donors (Lipinski definition) is 0. The van der Waals surface area contributed by atoms with E-state index in [0.717, 1.165) is 32.7 Å². The first-order valence-corrected chi connectivity index (χ1v) is 8.00. The van der Waals surface area contributed by atoms with Crippen LogP contribution in [0.5, 0.6) is 11.5 Å². The molecule has 1 aromatic rings. The lowest BCUT2D eigenvalue weighted by Crippen LogP contribution is -2.50. The predicted molar refractivity (Wildman–Crippen MR) is 86.4 cm³/mol. The van der Waals surface area contributed by atoms with E-state index in [-0.39, 0.29) is 12.5 Å². The number of piperazine rings is 1. The van der Waals surface area contributed by atoms with E-state index < -0.39 is 0 Å². The van der Waals surface area contributed by atoms with Gasteiger partial charge in [0.25, 0.3) is 5.91 Å². The molecule has 0 aliphatic carbocycles. The topological polar surface area (TPSA) is 42.0 Å². The van der Waals surface area contributed by atoms with Gasteiger partial charge in [0.05, 0.1) is 7.11 Å². The summed E-state index contributed by atoms with van der Waals surface area (Å²) in [5.74, 6) is 1.31. The fourth-order valence-electron chi connectivity index (χ4n) is 2.57. The zero-order valence-electron chi connectivity index (χ0n) is 13.6. The Bertz CT molecular complexity index is 471. The maximum Gasteiger partial charge on any atom is 0.260 e. The molecule has 0 atom stereocenters. The quantitative estimate of drug-likeness (QED) is 0.773. The van der Waals surface area contributed by atoms with E-state index in [4.69, 9.17) is 9.47 Å². The number of methoxy groups -OCH3 is 1. The highest BCUT2D eigenvalue weighted by molar-refractivity contribution is 5.78. The zero-order chi connectivity index (χ0) is 15.8. The first-order chi connectivity index (χ1) is 10.7. The third-order valence-electron chi connectivity index (χ3n) is 3.97. The second-order valence-electron chi connectivity index (χ2n) is 5.52. The minimum atomic E-state index is 0.0426. The summed E-state index contributed by atoms with van der Waals surface area (Å²) in [6.45, 7) is 6.90. The van der Waals surface area contributed by atoms with E-state index >= 15 is 0 Å². The van der Waals surface area contributed by atoms with Crippen molar-refractivity contribution >= 4 is 5.91 Å². The van der Waals surface area contributed by atoms with Crippen molar-refractivity contribution in [3.63, 3.8) is 0 Å². The number of rotatable bonds is 7. The minimum absolute atomic E-state index is 0.0426. The summed E-state index contributed by atoms with van der Waals surface area (Å²) in [6, 6.07) is 7.39. The Morgan fingerprint density at radius 1 is 1.14 bits per heavy atom. The molecular weight excluding hydrogens is 280 g/mol. The lowest BCUT2D eigenvalue weighted by molar-refractivity contribution is -0.135. The predicted octanol–water partition coefficient (Wildman–Crippen LogP) is 2.02. The molecule has 1 aliphatic rings. The molecule has 122 valence electrons. The second-order valence-corrected chi connectivity index (χ2v) is 5.52. The Balaban J connectivity index is 1.76. The lowest BCUT2D eigenvalue weighted by atomic mass is 10.2. The van der Waals surface area contributed by atoms with Gasteiger partial charge in [0.1, 0.15) is 0 Å². The number of amides is 1. The van der Waals surface area contributed by atoms with Crippen LogP contribution in [0.3, 0.4) is 0 Å². The van der Waals surface area contributed by atoms with Gasteiger partial charge in [-0.2, -0.15) is 0 Å². The molecule has 0 radical (unpaired) electrons. The molecule has 1 saturated heterocycles. The molecule has 22 heavy (non-hydrogen) atoms. The highest BCUT2D eigenvalue weighted by Gasteiger charge is 2.21. The molecule has 1 heterocycles. The fraction of sp³-hybridized carbons (Fsp3) is 0.588. The SMILES string of the molecule is CCCCN1CCN(C(=O)COc2ccccc2OC)CC1. The lowest BCUT2D eigenvalue weighted by Gasteiger charge is -2.34. The van der Waals surface area contributed by atoms with E-state index in [9.17, 15) is 4.79 Å². The smallest absolute Gasteiger partial charge is 0.260 e. The van der Waals surface area contributed by atoms with Crippen molar-refractivity contribution in [2.24, 2.45) is 0 Å². The number of unbranched alkanes of at least 4 members (excludes halogenated alkanes) is 1. The Morgan fingerprint density at radius 2 is 1.82 bits per heavy atom. The summed E-state index contributed by atoms with van der Waals surface area (Å²) in [4.78, 5) is 16.5. The van der Waals surface area contributed by atoms with Gasteiger partial charge in [-0.25, -0.2) is 0 Å². The molecule has 5 nitrogen and oxygen atoms in total. The van der Waals surface area contributed by atoms with Gasteiger partial charge < -0.3 is 14.4 Å². The monoisotopic (exact) mass is 306 g/mol. The van der Waals surface area contributed by atoms with Gasteiger partial charge >= 0.3 is 0 Å². The van der Waals surface area contributed by atoms with Crippen LogP contribution in [0.1, 0.15) is 19.8 Å². The van der Waals surface area contributed by atoms with Crippen LogP contribution in [0.2, 0.25) is 0 Å². The van der Waals surface area contributed by atoms with Crippen LogP contribution < -0.4 is 9.47 Å². The molecular formula is C17H26N2O3. The Labute approximate surface area is 132 Å². The van der Waals surface area contributed by atoms with Gasteiger partial charge in [0, 0.05) is 26.2 Å². The van der Waals surface area contributed by atoms with Crippen molar-refractivity contribution in [1.82, 2.24) is 9.80 Å². The van der Waals surface area contributed by atoms with Crippen molar-refractivity contribution in [3.8, 4) is 11.5 Å². The molecule has 0 spiro atoms. The molecule has 1 fully saturated rings. The second kappa shape index (κ2) is 8.63. The minimum Gasteiger partial charge on any atom is -0.493 e. The highest BCUT2D eigenvalue weighted by Crippen LogP contribution is 2.25. The number of benzene rings is 1. The molecule has 0 unspecified atom stereocenters. The van der Waals surface area contributed by atoms with Crippen LogP contribution in [0.4, 0.5) is 0 Å². The van der Waals surface area contributed by atoms with Crippen LogP contribution in [0, 0.1) is 0 Å². The molecule has 1 amide bonds. The standard InChI is InChI=1S/C17H26N2O3/c1-3-4-9-18-10-12-19(13-11-18)17(20)14-22-16-8-6-5-7-15(16)21-2/h5-8H,3-4,9-14H2,1-2H3. The molecule has 1 aromatic carbocycles. The maximum atomic E-state index is 12.2. The number of carbonyl (C=O) groups is 1. The maximum absolute atomic E-state index is 12.2. The first-order valence-electron chi connectivity index (χ1n) is 8.00. The average Bonchev–Trinajstić information content (AvgIpc) is 2.58. The number of nitrogens with zero attached hydrogens (tertiary/aromatic N) is 2. The van der Waals surface area contributed by atoms with Crippen molar-refractivity contribution in [2.75, 3.05) is 46.4 Å². The third kappa shape index (κ3) is 4.63. The normalized spacial score (nSPS) is 15.6.